The van der Waals surface area contributed by atoms with Gasteiger partial charge in [0, 0.05) is 0 Å². The molecular weight excluding hydrogens is 385 g/mol. The maximum Gasteiger partial charge on any atom is 0.459 e. The molecule has 0 radical (unpaired) electrons. The van der Waals surface area contributed by atoms with Gasteiger partial charge in [0.25, 0.3) is 12.7 Å². The van der Waals surface area contributed by atoms with Crippen LogP contribution in [0.2, 0.25) is 0 Å². The summed E-state index contributed by atoms with van der Waals surface area (Å²) in [5, 5.41) is 0. The molecule has 0 amide bonds. The molecule has 0 aromatic carbocycles. The Kier molecular flexibility index (Phi) is 8.04. The Balaban J connectivity index is 0. The Bertz CT molecular complexity index is 319. The highest BCUT2D eigenvalue weighted by atomic mass is 19.4. The summed E-state index contributed by atoms with van der Waals surface area (Å²) in [6.45, 7) is 0. The zero-order chi connectivity index (χ0) is 19.4. The van der Waals surface area contributed by atoms with Gasteiger partial charge in [0.2, 0.25) is 0 Å². The van der Waals surface area contributed by atoms with Crippen molar-refractivity contribution in [2.75, 3.05) is 0 Å². The maximum atomic E-state index is 11.6. The summed E-state index contributed by atoms with van der Waals surface area (Å²) in [6.07, 6.45) is -30.8. The van der Waals surface area contributed by atoms with Crippen molar-refractivity contribution in [1.82, 2.24) is 0 Å². The minimum absolute atomic E-state index is 2.40. The first kappa shape index (κ1) is 24.2. The van der Waals surface area contributed by atoms with E-state index in [9.17, 15) is 65.9 Å². The van der Waals surface area contributed by atoms with E-state index in [-0.39, 0.29) is 0 Å². The molecule has 142 valence electrons. The molecular formula is C7H3F15O. The Morgan fingerprint density at radius 3 is 0.870 bits per heavy atom. The van der Waals surface area contributed by atoms with Crippen molar-refractivity contribution in [3.8, 4) is 0 Å². The molecule has 0 aromatic heterocycles. The third-order valence-corrected chi connectivity index (χ3v) is 1.41. The lowest BCUT2D eigenvalue weighted by atomic mass is 10.3. The van der Waals surface area contributed by atoms with E-state index in [1.807, 2.05) is 0 Å². The van der Waals surface area contributed by atoms with E-state index in [0.717, 1.165) is 0 Å². The Morgan fingerprint density at radius 1 is 0.522 bits per heavy atom. The molecule has 0 heterocycles. The van der Waals surface area contributed by atoms with E-state index in [1.54, 1.807) is 0 Å². The van der Waals surface area contributed by atoms with Crippen LogP contribution in [0.25, 0.3) is 0 Å². The number of alkyl halides is 15. The lowest BCUT2D eigenvalue weighted by Gasteiger charge is -2.17. The molecule has 16 heteroatoms. The monoisotopic (exact) mass is 388 g/mol. The van der Waals surface area contributed by atoms with Crippen molar-refractivity contribution >= 4 is 0 Å². The molecule has 0 aromatic rings. The van der Waals surface area contributed by atoms with Crippen molar-refractivity contribution < 1.29 is 70.6 Å². The van der Waals surface area contributed by atoms with E-state index in [0.29, 0.717) is 0 Å². The van der Waals surface area contributed by atoms with Gasteiger partial charge in [-0.1, -0.05) is 0 Å². The standard InChI is InChI=1S/C4H2F8O.C3HF7/c5-1(3(7,8)9)13-2(6)4(10,11)12;4-1(5)2(6,7)3(8,9)10/h1-2H;1H. The molecule has 0 rings (SSSR count). The zero-order valence-electron chi connectivity index (χ0n) is 9.81. The predicted octanol–water partition coefficient (Wildman–Crippen LogP) is 5.17. The van der Waals surface area contributed by atoms with E-state index in [2.05, 4.69) is 4.74 Å². The van der Waals surface area contributed by atoms with Crippen LogP contribution in [0.3, 0.4) is 0 Å². The number of rotatable bonds is 3. The topological polar surface area (TPSA) is 9.23 Å². The highest BCUT2D eigenvalue weighted by Crippen LogP contribution is 2.39. The summed E-state index contributed by atoms with van der Waals surface area (Å²) < 4.78 is 169. The quantitative estimate of drug-likeness (QED) is 0.607. The van der Waals surface area contributed by atoms with Crippen LogP contribution in [-0.4, -0.2) is 43.6 Å². The van der Waals surface area contributed by atoms with Gasteiger partial charge >= 0.3 is 30.9 Å². The fourth-order valence-corrected chi connectivity index (χ4v) is 0.383. The molecule has 2 unspecified atom stereocenters. The number of hydrogen-bond donors (Lipinski definition) is 0. The zero-order valence-corrected chi connectivity index (χ0v) is 9.81. The van der Waals surface area contributed by atoms with Gasteiger partial charge in [-0.05, 0) is 0 Å². The van der Waals surface area contributed by atoms with Crippen LogP contribution in [0.5, 0.6) is 0 Å². The second kappa shape index (κ2) is 7.65. The molecule has 0 saturated heterocycles. The van der Waals surface area contributed by atoms with Crippen molar-refractivity contribution in [1.29, 1.82) is 0 Å². The Hall–Kier alpha value is -1.09. The molecule has 0 saturated carbocycles. The number of ether oxygens (including phenoxy) is 1. The maximum absolute atomic E-state index is 11.6. The highest BCUT2D eigenvalue weighted by molar-refractivity contribution is 4.77. The first-order valence-corrected chi connectivity index (χ1v) is 4.54. The van der Waals surface area contributed by atoms with Crippen molar-refractivity contribution in [2.24, 2.45) is 0 Å². The molecule has 23 heavy (non-hydrogen) atoms. The van der Waals surface area contributed by atoms with Crippen LogP contribution in [0.4, 0.5) is 65.9 Å². The average Bonchev–Trinajstić information content (AvgIpc) is 2.25. The molecule has 2 atom stereocenters. The van der Waals surface area contributed by atoms with Gasteiger partial charge in [0.05, 0.1) is 0 Å². The van der Waals surface area contributed by atoms with Gasteiger partial charge < -0.3 is 0 Å². The summed E-state index contributed by atoms with van der Waals surface area (Å²) in [5.41, 5.74) is 0. The van der Waals surface area contributed by atoms with Crippen molar-refractivity contribution in [3.63, 3.8) is 0 Å². The van der Waals surface area contributed by atoms with Crippen LogP contribution in [0.15, 0.2) is 0 Å². The highest BCUT2D eigenvalue weighted by Gasteiger charge is 2.64. The molecule has 1 nitrogen and oxygen atoms in total. The third-order valence-electron chi connectivity index (χ3n) is 1.41. The van der Waals surface area contributed by atoms with Crippen LogP contribution >= 0.6 is 0 Å². The van der Waals surface area contributed by atoms with Crippen molar-refractivity contribution in [3.05, 3.63) is 0 Å². The van der Waals surface area contributed by atoms with Crippen LogP contribution in [-0.2, 0) is 4.74 Å². The second-order valence-corrected chi connectivity index (χ2v) is 3.27. The Labute approximate surface area is 116 Å². The minimum Gasteiger partial charge on any atom is -0.299 e. The fraction of sp³-hybridized carbons (Fsp3) is 1.00. The smallest absolute Gasteiger partial charge is 0.299 e. The molecule has 0 spiro atoms. The summed E-state index contributed by atoms with van der Waals surface area (Å²) in [5.74, 6) is -5.90. The van der Waals surface area contributed by atoms with E-state index in [4.69, 9.17) is 0 Å². The predicted molar refractivity (Wildman–Crippen MR) is 40.0 cm³/mol. The first-order chi connectivity index (χ1) is 9.74. The van der Waals surface area contributed by atoms with E-state index < -0.39 is 43.6 Å². The number of halogens is 15. The van der Waals surface area contributed by atoms with Gasteiger partial charge in [-0.3, -0.25) is 4.74 Å². The third kappa shape index (κ3) is 8.36. The summed E-state index contributed by atoms with van der Waals surface area (Å²) in [7, 11) is 0. The summed E-state index contributed by atoms with van der Waals surface area (Å²) in [4.78, 5) is 0. The van der Waals surface area contributed by atoms with Gasteiger partial charge in [0.1, 0.15) is 0 Å². The van der Waals surface area contributed by atoms with Crippen molar-refractivity contribution in [2.45, 2.75) is 43.6 Å². The molecule has 0 aliphatic heterocycles. The number of hydrogen-bond acceptors (Lipinski definition) is 1. The van der Waals surface area contributed by atoms with E-state index in [1.165, 1.54) is 0 Å². The normalized spacial score (nSPS) is 16.7. The second-order valence-electron chi connectivity index (χ2n) is 3.27. The lowest BCUT2D eigenvalue weighted by Crippen LogP contribution is -2.42. The van der Waals surface area contributed by atoms with Gasteiger partial charge in [0.15, 0.2) is 0 Å². The SMILES string of the molecule is FC(F)C(F)(F)C(F)(F)F.FC(OC(F)C(F)(F)F)C(F)(F)F. The molecule has 0 fully saturated rings. The van der Waals surface area contributed by atoms with Gasteiger partial charge in [-0.25, -0.2) is 17.6 Å². The average molecular weight is 388 g/mol. The van der Waals surface area contributed by atoms with Crippen LogP contribution in [0.1, 0.15) is 0 Å². The fourth-order valence-electron chi connectivity index (χ4n) is 0.383. The Morgan fingerprint density at radius 2 is 0.783 bits per heavy atom. The van der Waals surface area contributed by atoms with Gasteiger partial charge in [-0.2, -0.15) is 48.3 Å². The summed E-state index contributed by atoms with van der Waals surface area (Å²) >= 11 is 0. The summed E-state index contributed by atoms with van der Waals surface area (Å²) in [6, 6.07) is 0. The van der Waals surface area contributed by atoms with E-state index >= 15 is 0 Å². The largest absolute Gasteiger partial charge is 0.459 e. The molecule has 0 aliphatic carbocycles. The van der Waals surface area contributed by atoms with Crippen LogP contribution < -0.4 is 0 Å². The lowest BCUT2D eigenvalue weighted by molar-refractivity contribution is -0.344. The molecule has 0 aliphatic rings. The minimum atomic E-state index is -6.17. The molecule has 0 N–H and O–H groups in total. The molecule has 0 bridgehead atoms. The van der Waals surface area contributed by atoms with Gasteiger partial charge in [-0.15, -0.1) is 0 Å². The first-order valence-electron chi connectivity index (χ1n) is 4.54. The van der Waals surface area contributed by atoms with Crippen LogP contribution in [0, 0.1) is 0 Å².